The van der Waals surface area contributed by atoms with Crippen molar-refractivity contribution in [1.82, 2.24) is 0 Å². The second kappa shape index (κ2) is 7.42. The number of aryl methyl sites for hydroxylation is 1. The van der Waals surface area contributed by atoms with Gasteiger partial charge in [0.25, 0.3) is 10.0 Å². The largest absolute Gasteiger partial charge is 0.280 e. The minimum Gasteiger partial charge on any atom is -0.280 e. The Labute approximate surface area is 156 Å². The fraction of sp³-hybridized carbons (Fsp3) is 0.100. The Bertz CT molecular complexity index is 948. The number of hydrogen-bond acceptors (Lipinski definition) is 2. The molecule has 0 aliphatic heterocycles. The minimum atomic E-state index is -3.60. The molecule has 3 rings (SSSR count). The van der Waals surface area contributed by atoms with E-state index in [4.69, 9.17) is 0 Å². The second-order valence-corrected chi connectivity index (χ2v) is 8.29. The highest BCUT2D eigenvalue weighted by atomic mass is 79.9. The van der Waals surface area contributed by atoms with Crippen molar-refractivity contribution in [2.24, 2.45) is 0 Å². The van der Waals surface area contributed by atoms with Crippen LogP contribution in [0.25, 0.3) is 11.1 Å². The van der Waals surface area contributed by atoms with Crippen LogP contribution in [0, 0.1) is 0 Å². The third kappa shape index (κ3) is 4.30. The van der Waals surface area contributed by atoms with Crippen molar-refractivity contribution in [3.63, 3.8) is 0 Å². The highest BCUT2D eigenvalue weighted by molar-refractivity contribution is 9.10. The summed E-state index contributed by atoms with van der Waals surface area (Å²) in [5, 5.41) is 0. The lowest BCUT2D eigenvalue weighted by atomic mass is 10.1. The SMILES string of the molecule is CCc1ccc(NS(=O)(=O)c2ccc(-c3ccc(Br)cc3)cc2)cc1. The summed E-state index contributed by atoms with van der Waals surface area (Å²) in [5.74, 6) is 0. The van der Waals surface area contributed by atoms with Crippen LogP contribution in [0.1, 0.15) is 12.5 Å². The number of halogens is 1. The summed E-state index contributed by atoms with van der Waals surface area (Å²) >= 11 is 3.41. The van der Waals surface area contributed by atoms with Crippen LogP contribution in [-0.4, -0.2) is 8.42 Å². The number of benzene rings is 3. The molecular weight excluding hydrogens is 398 g/mol. The fourth-order valence-electron chi connectivity index (χ4n) is 2.49. The molecule has 5 heteroatoms. The van der Waals surface area contributed by atoms with Crippen LogP contribution in [0.2, 0.25) is 0 Å². The van der Waals surface area contributed by atoms with E-state index in [2.05, 4.69) is 27.6 Å². The van der Waals surface area contributed by atoms with Gasteiger partial charge in [-0.3, -0.25) is 4.72 Å². The highest BCUT2D eigenvalue weighted by Gasteiger charge is 2.14. The van der Waals surface area contributed by atoms with E-state index < -0.39 is 10.0 Å². The monoisotopic (exact) mass is 415 g/mol. The topological polar surface area (TPSA) is 46.2 Å². The lowest BCUT2D eigenvalue weighted by molar-refractivity contribution is 0.601. The van der Waals surface area contributed by atoms with Crippen LogP contribution in [0.4, 0.5) is 5.69 Å². The van der Waals surface area contributed by atoms with E-state index in [1.807, 2.05) is 48.5 Å². The Morgan fingerprint density at radius 3 is 1.84 bits per heavy atom. The molecule has 0 aromatic heterocycles. The van der Waals surface area contributed by atoms with E-state index in [1.54, 1.807) is 24.3 Å². The standard InChI is InChI=1S/C20H18BrNO2S/c1-2-15-3-11-19(12-4-15)22-25(23,24)20-13-7-17(8-14-20)16-5-9-18(21)10-6-16/h3-14,22H,2H2,1H3. The molecule has 1 N–H and O–H groups in total. The predicted molar refractivity (Wildman–Crippen MR) is 106 cm³/mol. The second-order valence-electron chi connectivity index (χ2n) is 5.69. The molecule has 0 unspecified atom stereocenters. The van der Waals surface area contributed by atoms with Crippen LogP contribution in [0.15, 0.2) is 82.2 Å². The molecule has 0 fully saturated rings. The summed E-state index contributed by atoms with van der Waals surface area (Å²) in [4.78, 5) is 0.243. The number of rotatable bonds is 5. The van der Waals surface area contributed by atoms with Crippen molar-refractivity contribution in [2.75, 3.05) is 4.72 Å². The van der Waals surface area contributed by atoms with Crippen LogP contribution < -0.4 is 4.72 Å². The molecule has 0 saturated carbocycles. The van der Waals surface area contributed by atoms with Crippen molar-refractivity contribution in [1.29, 1.82) is 0 Å². The van der Waals surface area contributed by atoms with Gasteiger partial charge in [0.2, 0.25) is 0 Å². The normalized spacial score (nSPS) is 11.3. The quantitative estimate of drug-likeness (QED) is 0.599. The van der Waals surface area contributed by atoms with Gasteiger partial charge in [-0.25, -0.2) is 8.42 Å². The van der Waals surface area contributed by atoms with E-state index >= 15 is 0 Å². The first-order chi connectivity index (χ1) is 12.0. The fourth-order valence-corrected chi connectivity index (χ4v) is 3.81. The first-order valence-corrected chi connectivity index (χ1v) is 10.2. The summed E-state index contributed by atoms with van der Waals surface area (Å²) in [6, 6.07) is 22.2. The zero-order chi connectivity index (χ0) is 17.9. The van der Waals surface area contributed by atoms with E-state index in [-0.39, 0.29) is 4.90 Å². The molecule has 3 aromatic carbocycles. The molecule has 0 radical (unpaired) electrons. The van der Waals surface area contributed by atoms with E-state index in [9.17, 15) is 8.42 Å². The van der Waals surface area contributed by atoms with Gasteiger partial charge >= 0.3 is 0 Å². The summed E-state index contributed by atoms with van der Waals surface area (Å²) in [6.07, 6.45) is 0.921. The predicted octanol–water partition coefficient (Wildman–Crippen LogP) is 5.48. The van der Waals surface area contributed by atoms with E-state index in [1.165, 1.54) is 5.56 Å². The lowest BCUT2D eigenvalue weighted by Crippen LogP contribution is -2.12. The van der Waals surface area contributed by atoms with Gasteiger partial charge in [0.1, 0.15) is 0 Å². The van der Waals surface area contributed by atoms with Gasteiger partial charge in [-0.1, -0.05) is 59.3 Å². The van der Waals surface area contributed by atoms with Crippen molar-refractivity contribution in [3.8, 4) is 11.1 Å². The van der Waals surface area contributed by atoms with Crippen LogP contribution in [-0.2, 0) is 16.4 Å². The van der Waals surface area contributed by atoms with Crippen molar-refractivity contribution >= 4 is 31.6 Å². The third-order valence-electron chi connectivity index (χ3n) is 3.96. The number of hydrogen-bond donors (Lipinski definition) is 1. The average molecular weight is 416 g/mol. The van der Waals surface area contributed by atoms with E-state index in [0.717, 1.165) is 22.0 Å². The smallest absolute Gasteiger partial charge is 0.261 e. The highest BCUT2D eigenvalue weighted by Crippen LogP contribution is 2.24. The molecule has 128 valence electrons. The van der Waals surface area contributed by atoms with Crippen LogP contribution >= 0.6 is 15.9 Å². The third-order valence-corrected chi connectivity index (χ3v) is 5.88. The lowest BCUT2D eigenvalue weighted by Gasteiger charge is -2.09. The molecule has 0 amide bonds. The maximum atomic E-state index is 12.5. The van der Waals surface area contributed by atoms with Crippen molar-refractivity contribution in [2.45, 2.75) is 18.2 Å². The van der Waals surface area contributed by atoms with Gasteiger partial charge < -0.3 is 0 Å². The van der Waals surface area contributed by atoms with Gasteiger partial charge in [0.15, 0.2) is 0 Å². The Kier molecular flexibility index (Phi) is 5.25. The van der Waals surface area contributed by atoms with Crippen LogP contribution in [0.5, 0.6) is 0 Å². The zero-order valence-corrected chi connectivity index (χ0v) is 16.1. The molecule has 0 spiro atoms. The Balaban J connectivity index is 1.81. The molecule has 0 atom stereocenters. The zero-order valence-electron chi connectivity index (χ0n) is 13.7. The molecule has 3 aromatic rings. The number of sulfonamides is 1. The molecular formula is C20H18BrNO2S. The van der Waals surface area contributed by atoms with Gasteiger partial charge in [-0.15, -0.1) is 0 Å². The maximum absolute atomic E-state index is 12.5. The van der Waals surface area contributed by atoms with Crippen LogP contribution in [0.3, 0.4) is 0 Å². The van der Waals surface area contributed by atoms with Gasteiger partial charge in [-0.2, -0.15) is 0 Å². The first-order valence-electron chi connectivity index (χ1n) is 7.96. The minimum absolute atomic E-state index is 0.243. The average Bonchev–Trinajstić information content (AvgIpc) is 2.63. The molecule has 0 saturated heterocycles. The Morgan fingerprint density at radius 1 is 0.800 bits per heavy atom. The maximum Gasteiger partial charge on any atom is 0.261 e. The first kappa shape index (κ1) is 17.7. The van der Waals surface area contributed by atoms with Gasteiger partial charge in [0.05, 0.1) is 4.90 Å². The molecule has 3 nitrogen and oxygen atoms in total. The van der Waals surface area contributed by atoms with Gasteiger partial charge in [-0.05, 0) is 59.5 Å². The number of anilines is 1. The summed E-state index contributed by atoms with van der Waals surface area (Å²) < 4.78 is 28.7. The molecule has 0 bridgehead atoms. The van der Waals surface area contributed by atoms with Gasteiger partial charge in [0, 0.05) is 10.2 Å². The summed E-state index contributed by atoms with van der Waals surface area (Å²) in [6.45, 7) is 2.06. The summed E-state index contributed by atoms with van der Waals surface area (Å²) in [5.41, 5.74) is 3.74. The Morgan fingerprint density at radius 2 is 1.32 bits per heavy atom. The summed E-state index contributed by atoms with van der Waals surface area (Å²) in [7, 11) is -3.60. The van der Waals surface area contributed by atoms with Crippen molar-refractivity contribution < 1.29 is 8.42 Å². The van der Waals surface area contributed by atoms with E-state index in [0.29, 0.717) is 5.69 Å². The van der Waals surface area contributed by atoms with Crippen molar-refractivity contribution in [3.05, 3.63) is 82.8 Å². The number of nitrogens with one attached hydrogen (secondary N) is 1. The molecule has 0 aliphatic carbocycles. The molecule has 25 heavy (non-hydrogen) atoms. The molecule has 0 aliphatic rings. The molecule has 0 heterocycles. The Hall–Kier alpha value is -2.11.